The Morgan fingerprint density at radius 3 is 2.86 bits per heavy atom. The lowest BCUT2D eigenvalue weighted by atomic mass is 10.3. The van der Waals surface area contributed by atoms with Gasteiger partial charge in [0.1, 0.15) is 0 Å². The molecule has 0 aliphatic rings. The smallest absolute Gasteiger partial charge is 0.321 e. The minimum Gasteiger partial charge on any atom is -0.481 e. The number of urea groups is 1. The number of rotatable bonds is 8. The van der Waals surface area contributed by atoms with E-state index in [4.69, 9.17) is 5.11 Å². The van der Waals surface area contributed by atoms with Crippen LogP contribution in [0.15, 0.2) is 9.72 Å². The van der Waals surface area contributed by atoms with Gasteiger partial charge in [-0.1, -0.05) is 25.1 Å². The molecule has 7 nitrogen and oxygen atoms in total. The van der Waals surface area contributed by atoms with E-state index in [1.165, 1.54) is 23.1 Å². The molecule has 0 aliphatic heterocycles. The van der Waals surface area contributed by atoms with Gasteiger partial charge in [-0.15, -0.1) is 11.3 Å². The van der Waals surface area contributed by atoms with Gasteiger partial charge in [-0.3, -0.25) is 14.9 Å². The second-order valence-electron chi connectivity index (χ2n) is 4.12. The molecule has 0 spiro atoms. The standard InChI is InChI=1S/C12H17N3O4S2/c1-2-3-4-13-11(19)15-9(16)7-21-12-14-8(6-20-12)5-10(17)18/h6H,2-5,7H2,1H3,(H,17,18)(H2,13,15,16,19). The second kappa shape index (κ2) is 9.35. The first-order valence-corrected chi connectivity index (χ1v) is 8.24. The molecule has 21 heavy (non-hydrogen) atoms. The summed E-state index contributed by atoms with van der Waals surface area (Å²) in [5.74, 6) is -1.30. The number of nitrogens with zero attached hydrogens (tertiary/aromatic N) is 1. The summed E-state index contributed by atoms with van der Waals surface area (Å²) in [5.41, 5.74) is 0.465. The summed E-state index contributed by atoms with van der Waals surface area (Å²) < 4.78 is 0.604. The normalized spacial score (nSPS) is 10.1. The number of hydrogen-bond acceptors (Lipinski definition) is 6. The molecule has 0 bridgehead atoms. The monoisotopic (exact) mass is 331 g/mol. The number of amides is 3. The van der Waals surface area contributed by atoms with E-state index in [9.17, 15) is 14.4 Å². The Bertz CT molecular complexity index is 504. The molecule has 0 radical (unpaired) electrons. The number of nitrogens with one attached hydrogen (secondary N) is 2. The van der Waals surface area contributed by atoms with E-state index >= 15 is 0 Å². The van der Waals surface area contributed by atoms with Crippen molar-refractivity contribution in [2.24, 2.45) is 0 Å². The molecule has 0 unspecified atom stereocenters. The van der Waals surface area contributed by atoms with Gasteiger partial charge in [-0.05, 0) is 6.42 Å². The van der Waals surface area contributed by atoms with Gasteiger partial charge < -0.3 is 10.4 Å². The van der Waals surface area contributed by atoms with Crippen LogP contribution in [0.4, 0.5) is 4.79 Å². The first-order chi connectivity index (χ1) is 10.0. The van der Waals surface area contributed by atoms with Gasteiger partial charge in [0.2, 0.25) is 5.91 Å². The van der Waals surface area contributed by atoms with Crippen LogP contribution in [0.2, 0.25) is 0 Å². The number of hydrogen-bond donors (Lipinski definition) is 3. The zero-order chi connectivity index (χ0) is 15.7. The van der Waals surface area contributed by atoms with Crippen LogP contribution in [0.3, 0.4) is 0 Å². The third-order valence-electron chi connectivity index (χ3n) is 2.26. The van der Waals surface area contributed by atoms with Crippen molar-refractivity contribution in [3.8, 4) is 0 Å². The van der Waals surface area contributed by atoms with E-state index in [1.807, 2.05) is 6.92 Å². The van der Waals surface area contributed by atoms with Crippen molar-refractivity contribution >= 4 is 41.0 Å². The van der Waals surface area contributed by atoms with E-state index < -0.39 is 17.9 Å². The topological polar surface area (TPSA) is 108 Å². The molecule has 0 aromatic carbocycles. The number of carboxylic acids is 1. The molecule has 3 N–H and O–H groups in total. The van der Waals surface area contributed by atoms with E-state index in [0.717, 1.165) is 12.8 Å². The maximum absolute atomic E-state index is 11.5. The highest BCUT2D eigenvalue weighted by atomic mass is 32.2. The number of carbonyl (C=O) groups excluding carboxylic acids is 2. The predicted molar refractivity (Wildman–Crippen MR) is 80.6 cm³/mol. The SMILES string of the molecule is CCCCNC(=O)NC(=O)CSc1nc(CC(=O)O)cs1. The van der Waals surface area contributed by atoms with Gasteiger partial charge in [-0.2, -0.15) is 0 Å². The van der Waals surface area contributed by atoms with E-state index in [1.54, 1.807) is 5.38 Å². The number of aromatic nitrogens is 1. The van der Waals surface area contributed by atoms with Crippen molar-refractivity contribution in [3.63, 3.8) is 0 Å². The van der Waals surface area contributed by atoms with Crippen LogP contribution < -0.4 is 10.6 Å². The lowest BCUT2D eigenvalue weighted by molar-refractivity contribution is -0.136. The average Bonchev–Trinajstić information content (AvgIpc) is 2.83. The first-order valence-electron chi connectivity index (χ1n) is 6.38. The van der Waals surface area contributed by atoms with Crippen LogP contribution in [-0.2, 0) is 16.0 Å². The number of thiazole rings is 1. The number of carbonyl (C=O) groups is 3. The largest absolute Gasteiger partial charge is 0.481 e. The summed E-state index contributed by atoms with van der Waals surface area (Å²) in [6, 6.07) is -0.500. The molecule has 1 heterocycles. The number of carboxylic acid groups (broad SMARTS) is 1. The zero-order valence-electron chi connectivity index (χ0n) is 11.5. The summed E-state index contributed by atoms with van der Waals surface area (Å²) in [6.07, 6.45) is 1.69. The molecule has 1 aromatic heterocycles. The lowest BCUT2D eigenvalue weighted by Gasteiger charge is -2.05. The molecule has 0 aliphatic carbocycles. The molecule has 3 amide bonds. The molecule has 1 rings (SSSR count). The van der Waals surface area contributed by atoms with Crippen LogP contribution in [0.5, 0.6) is 0 Å². The Morgan fingerprint density at radius 2 is 2.19 bits per heavy atom. The highest BCUT2D eigenvalue weighted by molar-refractivity contribution is 8.01. The molecule has 0 atom stereocenters. The minimum atomic E-state index is -0.946. The lowest BCUT2D eigenvalue weighted by Crippen LogP contribution is -2.40. The second-order valence-corrected chi connectivity index (χ2v) is 6.20. The van der Waals surface area contributed by atoms with Crippen molar-refractivity contribution < 1.29 is 19.5 Å². The number of unbranched alkanes of at least 4 members (excludes halogenated alkanes) is 1. The Labute approximate surface area is 130 Å². The molecular formula is C12H17N3O4S2. The van der Waals surface area contributed by atoms with Gasteiger partial charge in [0.15, 0.2) is 4.34 Å². The van der Waals surface area contributed by atoms with Gasteiger partial charge in [-0.25, -0.2) is 9.78 Å². The van der Waals surface area contributed by atoms with Crippen LogP contribution >= 0.6 is 23.1 Å². The van der Waals surface area contributed by atoms with Crippen molar-refractivity contribution in [1.29, 1.82) is 0 Å². The van der Waals surface area contributed by atoms with Crippen molar-refractivity contribution in [2.45, 2.75) is 30.5 Å². The first kappa shape index (κ1) is 17.4. The Hall–Kier alpha value is -1.61. The maximum Gasteiger partial charge on any atom is 0.321 e. The Kier molecular flexibility index (Phi) is 7.76. The van der Waals surface area contributed by atoms with Crippen molar-refractivity contribution in [3.05, 3.63) is 11.1 Å². The fourth-order valence-electron chi connectivity index (χ4n) is 1.30. The van der Waals surface area contributed by atoms with Crippen LogP contribution in [0.1, 0.15) is 25.5 Å². The summed E-state index contributed by atoms with van der Waals surface area (Å²) in [4.78, 5) is 37.5. The zero-order valence-corrected chi connectivity index (χ0v) is 13.2. The van der Waals surface area contributed by atoms with E-state index in [2.05, 4.69) is 15.6 Å². The van der Waals surface area contributed by atoms with Crippen molar-refractivity contribution in [1.82, 2.24) is 15.6 Å². The molecule has 0 saturated carbocycles. The molecule has 1 aromatic rings. The molecular weight excluding hydrogens is 314 g/mol. The highest BCUT2D eigenvalue weighted by Gasteiger charge is 2.10. The predicted octanol–water partition coefficient (Wildman–Crippen LogP) is 1.49. The summed E-state index contributed by atoms with van der Waals surface area (Å²) in [6.45, 7) is 2.54. The van der Waals surface area contributed by atoms with Gasteiger partial charge in [0.05, 0.1) is 17.9 Å². The van der Waals surface area contributed by atoms with Crippen molar-refractivity contribution in [2.75, 3.05) is 12.3 Å². The quantitative estimate of drug-likeness (QED) is 0.492. The third-order valence-corrected chi connectivity index (χ3v) is 4.33. The number of imide groups is 1. The minimum absolute atomic E-state index is 0.0568. The molecule has 0 fully saturated rings. The summed E-state index contributed by atoms with van der Waals surface area (Å²) in [7, 11) is 0. The molecule has 9 heteroatoms. The van der Waals surface area contributed by atoms with Crippen LogP contribution in [0, 0.1) is 0 Å². The average molecular weight is 331 g/mol. The van der Waals surface area contributed by atoms with Gasteiger partial charge in [0.25, 0.3) is 0 Å². The highest BCUT2D eigenvalue weighted by Crippen LogP contribution is 2.22. The summed E-state index contributed by atoms with van der Waals surface area (Å²) in [5, 5.41) is 15.1. The third kappa shape index (κ3) is 7.66. The summed E-state index contributed by atoms with van der Waals surface area (Å²) >= 11 is 2.45. The van der Waals surface area contributed by atoms with Gasteiger partial charge in [0, 0.05) is 11.9 Å². The number of aliphatic carboxylic acids is 1. The molecule has 116 valence electrons. The Balaban J connectivity index is 2.27. The fourth-order valence-corrected chi connectivity index (χ4v) is 2.95. The van der Waals surface area contributed by atoms with E-state index in [0.29, 0.717) is 16.6 Å². The Morgan fingerprint density at radius 1 is 1.43 bits per heavy atom. The van der Waals surface area contributed by atoms with Gasteiger partial charge >= 0.3 is 12.0 Å². The van der Waals surface area contributed by atoms with E-state index in [-0.39, 0.29) is 12.2 Å². The fraction of sp³-hybridized carbons (Fsp3) is 0.500. The van der Waals surface area contributed by atoms with Crippen LogP contribution in [-0.4, -0.2) is 40.3 Å². The molecule has 0 saturated heterocycles. The maximum atomic E-state index is 11.5. The van der Waals surface area contributed by atoms with Crippen LogP contribution in [0.25, 0.3) is 0 Å². The number of thioether (sulfide) groups is 1.